The van der Waals surface area contributed by atoms with E-state index in [1.807, 2.05) is 50.2 Å². The van der Waals surface area contributed by atoms with Crippen LogP contribution >= 0.6 is 11.6 Å². The van der Waals surface area contributed by atoms with Crippen molar-refractivity contribution < 1.29 is 14.1 Å². The summed E-state index contributed by atoms with van der Waals surface area (Å²) < 4.78 is 11.0. The predicted octanol–water partition coefficient (Wildman–Crippen LogP) is 5.40. The molecule has 0 aliphatic rings. The summed E-state index contributed by atoms with van der Waals surface area (Å²) in [5, 5.41) is 7.49. The molecule has 2 aromatic carbocycles. The number of nitrogens with one attached hydrogen (secondary N) is 1. The molecule has 6 heteroatoms. The zero-order chi connectivity index (χ0) is 20.1. The van der Waals surface area contributed by atoms with E-state index < -0.39 is 0 Å². The minimum atomic E-state index is -0.290. The zero-order valence-corrected chi connectivity index (χ0v) is 16.9. The van der Waals surface area contributed by atoms with Gasteiger partial charge in [0.25, 0.3) is 5.91 Å². The van der Waals surface area contributed by atoms with Gasteiger partial charge in [-0.25, -0.2) is 0 Å². The first-order chi connectivity index (χ1) is 13.5. The summed E-state index contributed by atoms with van der Waals surface area (Å²) in [4.78, 5) is 12.9. The van der Waals surface area contributed by atoms with E-state index in [1.165, 1.54) is 5.56 Å². The van der Waals surface area contributed by atoms with Gasteiger partial charge in [0.15, 0.2) is 5.69 Å². The first kappa shape index (κ1) is 20.0. The molecule has 0 saturated heterocycles. The lowest BCUT2D eigenvalue weighted by molar-refractivity contribution is 0.0924. The standard InChI is InChI=1S/C22H23ClN2O3/c1-4-19(16-11-9-14(2)10-12-16)24-22(26)21-17(15(3)28-25-21)13-27-20-8-6-5-7-18(20)23/h5-12,19H,4,13H2,1-3H3,(H,24,26). The number of hydrogen-bond acceptors (Lipinski definition) is 4. The monoisotopic (exact) mass is 398 g/mol. The molecule has 146 valence electrons. The summed E-state index contributed by atoms with van der Waals surface area (Å²) in [5.41, 5.74) is 3.07. The van der Waals surface area contributed by atoms with Gasteiger partial charge in [-0.2, -0.15) is 0 Å². The van der Waals surface area contributed by atoms with Crippen molar-refractivity contribution in [3.05, 3.63) is 81.7 Å². The molecule has 28 heavy (non-hydrogen) atoms. The Hall–Kier alpha value is -2.79. The van der Waals surface area contributed by atoms with Gasteiger partial charge < -0.3 is 14.6 Å². The maximum atomic E-state index is 12.9. The van der Waals surface area contributed by atoms with Crippen LogP contribution < -0.4 is 10.1 Å². The molecule has 3 aromatic rings. The average Bonchev–Trinajstić information content (AvgIpc) is 3.07. The van der Waals surface area contributed by atoms with Crippen LogP contribution in [0.3, 0.4) is 0 Å². The Morgan fingerprint density at radius 1 is 1.18 bits per heavy atom. The van der Waals surface area contributed by atoms with E-state index in [2.05, 4.69) is 10.5 Å². The van der Waals surface area contributed by atoms with E-state index in [0.717, 1.165) is 12.0 Å². The Labute approximate surface area is 169 Å². The van der Waals surface area contributed by atoms with Gasteiger partial charge in [-0.15, -0.1) is 0 Å². The van der Waals surface area contributed by atoms with Crippen LogP contribution in [0.25, 0.3) is 0 Å². The molecule has 1 heterocycles. The fourth-order valence-corrected chi connectivity index (χ4v) is 3.09. The van der Waals surface area contributed by atoms with E-state index in [1.54, 1.807) is 19.1 Å². The maximum Gasteiger partial charge on any atom is 0.274 e. The summed E-state index contributed by atoms with van der Waals surface area (Å²) in [6.45, 7) is 5.96. The zero-order valence-electron chi connectivity index (χ0n) is 16.2. The molecule has 0 fully saturated rings. The van der Waals surface area contributed by atoms with Crippen LogP contribution in [0, 0.1) is 13.8 Å². The summed E-state index contributed by atoms with van der Waals surface area (Å²) in [7, 11) is 0. The Morgan fingerprint density at radius 2 is 1.89 bits per heavy atom. The number of halogens is 1. The van der Waals surface area contributed by atoms with E-state index in [-0.39, 0.29) is 24.2 Å². The van der Waals surface area contributed by atoms with Crippen LogP contribution in [-0.4, -0.2) is 11.1 Å². The molecule has 5 nitrogen and oxygen atoms in total. The number of amides is 1. The minimum absolute atomic E-state index is 0.109. The molecule has 3 rings (SSSR count). The molecule has 0 spiro atoms. The van der Waals surface area contributed by atoms with Crippen molar-refractivity contribution >= 4 is 17.5 Å². The molecule has 1 N–H and O–H groups in total. The number of aromatic nitrogens is 1. The highest BCUT2D eigenvalue weighted by molar-refractivity contribution is 6.32. The van der Waals surface area contributed by atoms with Gasteiger partial charge in [0.05, 0.1) is 16.6 Å². The van der Waals surface area contributed by atoms with Crippen molar-refractivity contribution in [2.45, 2.75) is 39.8 Å². The summed E-state index contributed by atoms with van der Waals surface area (Å²) in [6, 6.07) is 15.2. The summed E-state index contributed by atoms with van der Waals surface area (Å²) in [5.74, 6) is 0.796. The van der Waals surface area contributed by atoms with E-state index in [4.69, 9.17) is 20.9 Å². The van der Waals surface area contributed by atoms with Gasteiger partial charge in [-0.05, 0) is 38.0 Å². The number of benzene rings is 2. The fraction of sp³-hybridized carbons (Fsp3) is 0.273. The largest absolute Gasteiger partial charge is 0.487 e. The van der Waals surface area contributed by atoms with E-state index in [0.29, 0.717) is 22.1 Å². The minimum Gasteiger partial charge on any atom is -0.487 e. The third kappa shape index (κ3) is 4.54. The highest BCUT2D eigenvalue weighted by Gasteiger charge is 2.23. The lowest BCUT2D eigenvalue weighted by atomic mass is 10.0. The van der Waals surface area contributed by atoms with E-state index >= 15 is 0 Å². The number of rotatable bonds is 7. The molecule has 0 radical (unpaired) electrons. The maximum absolute atomic E-state index is 12.9. The van der Waals surface area contributed by atoms with Crippen LogP contribution in [0.15, 0.2) is 53.1 Å². The Morgan fingerprint density at radius 3 is 2.57 bits per heavy atom. The highest BCUT2D eigenvalue weighted by Crippen LogP contribution is 2.26. The molecule has 0 aliphatic carbocycles. The van der Waals surface area contributed by atoms with Crippen LogP contribution in [-0.2, 0) is 6.61 Å². The number of para-hydroxylation sites is 1. The van der Waals surface area contributed by atoms with Crippen molar-refractivity contribution in [1.29, 1.82) is 0 Å². The molecular formula is C22H23ClN2O3. The second-order valence-corrected chi connectivity index (χ2v) is 7.04. The molecule has 1 unspecified atom stereocenters. The van der Waals surface area contributed by atoms with Crippen molar-refractivity contribution in [3.63, 3.8) is 0 Å². The third-order valence-electron chi connectivity index (χ3n) is 4.60. The van der Waals surface area contributed by atoms with Crippen molar-refractivity contribution in [2.24, 2.45) is 0 Å². The summed E-state index contributed by atoms with van der Waals surface area (Å²) in [6.07, 6.45) is 0.761. The van der Waals surface area contributed by atoms with Gasteiger partial charge >= 0.3 is 0 Å². The third-order valence-corrected chi connectivity index (χ3v) is 4.91. The first-order valence-corrected chi connectivity index (χ1v) is 9.57. The molecule has 0 bridgehead atoms. The smallest absolute Gasteiger partial charge is 0.274 e. The quantitative estimate of drug-likeness (QED) is 0.578. The van der Waals surface area contributed by atoms with Crippen molar-refractivity contribution in [1.82, 2.24) is 10.5 Å². The van der Waals surface area contributed by atoms with Crippen molar-refractivity contribution in [3.8, 4) is 5.75 Å². The lowest BCUT2D eigenvalue weighted by Gasteiger charge is -2.17. The van der Waals surface area contributed by atoms with Crippen LogP contribution in [0.4, 0.5) is 0 Å². The van der Waals surface area contributed by atoms with E-state index in [9.17, 15) is 4.79 Å². The number of carbonyl (C=O) groups excluding carboxylic acids is 1. The normalized spacial score (nSPS) is 11.9. The van der Waals surface area contributed by atoms with Gasteiger partial charge in [0.1, 0.15) is 18.1 Å². The molecule has 1 atom stereocenters. The van der Waals surface area contributed by atoms with Crippen LogP contribution in [0.1, 0.15) is 52.3 Å². The molecule has 0 saturated carbocycles. The topological polar surface area (TPSA) is 64.4 Å². The molecule has 1 aromatic heterocycles. The molecule has 0 aliphatic heterocycles. The molecular weight excluding hydrogens is 376 g/mol. The highest BCUT2D eigenvalue weighted by atomic mass is 35.5. The number of hydrogen-bond donors (Lipinski definition) is 1. The second kappa shape index (κ2) is 8.93. The van der Waals surface area contributed by atoms with Crippen LogP contribution in [0.2, 0.25) is 5.02 Å². The Bertz CT molecular complexity index is 951. The van der Waals surface area contributed by atoms with Gasteiger partial charge in [0.2, 0.25) is 0 Å². The lowest BCUT2D eigenvalue weighted by Crippen LogP contribution is -2.29. The second-order valence-electron chi connectivity index (χ2n) is 6.63. The number of aryl methyl sites for hydroxylation is 2. The summed E-state index contributed by atoms with van der Waals surface area (Å²) >= 11 is 6.13. The Balaban J connectivity index is 1.75. The predicted molar refractivity (Wildman–Crippen MR) is 109 cm³/mol. The first-order valence-electron chi connectivity index (χ1n) is 9.19. The SMILES string of the molecule is CCC(NC(=O)c1noc(C)c1COc1ccccc1Cl)c1ccc(C)cc1. The van der Waals surface area contributed by atoms with Gasteiger partial charge in [-0.3, -0.25) is 4.79 Å². The Kier molecular flexibility index (Phi) is 6.37. The van der Waals surface area contributed by atoms with Crippen LogP contribution in [0.5, 0.6) is 5.75 Å². The van der Waals surface area contributed by atoms with Gasteiger partial charge in [0, 0.05) is 0 Å². The van der Waals surface area contributed by atoms with Gasteiger partial charge in [-0.1, -0.05) is 65.6 Å². The van der Waals surface area contributed by atoms with Crippen molar-refractivity contribution in [2.75, 3.05) is 0 Å². The number of ether oxygens (including phenoxy) is 1. The molecule has 1 amide bonds. The average molecular weight is 399 g/mol. The fourth-order valence-electron chi connectivity index (χ4n) is 2.90. The number of carbonyl (C=O) groups is 1. The number of nitrogens with zero attached hydrogens (tertiary/aromatic N) is 1.